The number of ether oxygens (including phenoxy) is 1. The molecule has 0 unspecified atom stereocenters. The van der Waals surface area contributed by atoms with Crippen LogP contribution in [0.4, 0.5) is 11.8 Å². The van der Waals surface area contributed by atoms with Crippen LogP contribution in [0.5, 0.6) is 17.2 Å². The van der Waals surface area contributed by atoms with Crippen molar-refractivity contribution in [3.05, 3.63) is 17.7 Å². The monoisotopic (exact) mass is 414 g/mol. The number of aromatic nitrogens is 5. The topological polar surface area (TPSA) is 156 Å². The van der Waals surface area contributed by atoms with Crippen LogP contribution < -0.4 is 21.1 Å². The van der Waals surface area contributed by atoms with Crippen molar-refractivity contribution in [2.75, 3.05) is 17.7 Å². The number of aryl methyl sites for hydroxylation is 1. The van der Waals surface area contributed by atoms with Crippen molar-refractivity contribution in [1.29, 1.82) is 0 Å². The van der Waals surface area contributed by atoms with E-state index >= 15 is 0 Å². The van der Waals surface area contributed by atoms with E-state index in [1.807, 2.05) is 0 Å². The number of nitrogens with two attached hydrogens (primary N) is 1. The van der Waals surface area contributed by atoms with Crippen molar-refractivity contribution >= 4 is 22.9 Å². The number of hydrogen-bond acceptors (Lipinski definition) is 10. The zero-order valence-electron chi connectivity index (χ0n) is 17.0. The van der Waals surface area contributed by atoms with E-state index in [1.54, 1.807) is 23.9 Å². The normalized spacial score (nSPS) is 19.0. The van der Waals surface area contributed by atoms with E-state index in [9.17, 15) is 10.2 Å². The third kappa shape index (κ3) is 3.88. The third-order valence-electron chi connectivity index (χ3n) is 5.42. The van der Waals surface area contributed by atoms with Gasteiger partial charge in [0, 0.05) is 31.2 Å². The largest absolute Gasteiger partial charge is 0.504 e. The first-order valence-corrected chi connectivity index (χ1v) is 9.87. The maximum Gasteiger partial charge on any atom is 0.227 e. The Balaban J connectivity index is 1.58. The van der Waals surface area contributed by atoms with Gasteiger partial charge < -0.3 is 31.3 Å². The zero-order valence-corrected chi connectivity index (χ0v) is 17.0. The molecule has 1 fully saturated rings. The third-order valence-corrected chi connectivity index (χ3v) is 5.42. The molecule has 0 bridgehead atoms. The summed E-state index contributed by atoms with van der Waals surface area (Å²) >= 11 is 0. The molecule has 11 nitrogen and oxygen atoms in total. The first-order valence-electron chi connectivity index (χ1n) is 9.87. The maximum atomic E-state index is 10.2. The minimum Gasteiger partial charge on any atom is -0.504 e. The average Bonchev–Trinajstić information content (AvgIpc) is 3.12. The first-order chi connectivity index (χ1) is 14.5. The van der Waals surface area contributed by atoms with Gasteiger partial charge in [0.25, 0.3) is 0 Å². The van der Waals surface area contributed by atoms with E-state index in [1.165, 1.54) is 7.11 Å². The molecule has 1 saturated carbocycles. The number of nitrogens with one attached hydrogen (secondary N) is 2. The second kappa shape index (κ2) is 8.19. The molecule has 1 aliphatic rings. The summed E-state index contributed by atoms with van der Waals surface area (Å²) in [7, 11) is 3.19. The highest BCUT2D eigenvalue weighted by Crippen LogP contribution is 2.38. The van der Waals surface area contributed by atoms with Gasteiger partial charge in [0.15, 0.2) is 28.5 Å². The highest BCUT2D eigenvalue weighted by atomic mass is 16.5. The van der Waals surface area contributed by atoms with Crippen LogP contribution >= 0.6 is 0 Å². The zero-order chi connectivity index (χ0) is 21.3. The summed E-state index contributed by atoms with van der Waals surface area (Å²) in [5, 5.41) is 35.0. The SMILES string of the molecule is COc1ccc(CNc2nc(NC3CCC(N)CC3)nc3c2nnn3C)c(O)c1O. The number of phenols is 2. The van der Waals surface area contributed by atoms with Gasteiger partial charge >= 0.3 is 0 Å². The summed E-state index contributed by atoms with van der Waals surface area (Å²) in [6, 6.07) is 3.78. The van der Waals surface area contributed by atoms with Crippen molar-refractivity contribution in [2.45, 2.75) is 44.3 Å². The van der Waals surface area contributed by atoms with Crippen LogP contribution in [0.3, 0.4) is 0 Å². The van der Waals surface area contributed by atoms with Gasteiger partial charge in [-0.15, -0.1) is 5.10 Å². The predicted octanol–water partition coefficient (Wildman–Crippen LogP) is 1.47. The Labute approximate surface area is 173 Å². The van der Waals surface area contributed by atoms with Gasteiger partial charge in [0.1, 0.15) is 0 Å². The molecule has 2 heterocycles. The van der Waals surface area contributed by atoms with E-state index in [4.69, 9.17) is 10.5 Å². The predicted molar refractivity (Wildman–Crippen MR) is 112 cm³/mol. The molecule has 3 aromatic rings. The van der Waals surface area contributed by atoms with Crippen LogP contribution in [0.2, 0.25) is 0 Å². The van der Waals surface area contributed by atoms with Gasteiger partial charge in [-0.05, 0) is 37.8 Å². The average molecular weight is 414 g/mol. The number of rotatable bonds is 6. The second-order valence-electron chi connectivity index (χ2n) is 7.51. The van der Waals surface area contributed by atoms with Gasteiger partial charge in [-0.1, -0.05) is 5.21 Å². The number of anilines is 2. The van der Waals surface area contributed by atoms with Gasteiger partial charge in [0.05, 0.1) is 7.11 Å². The van der Waals surface area contributed by atoms with Gasteiger partial charge in [-0.3, -0.25) is 0 Å². The van der Waals surface area contributed by atoms with Crippen LogP contribution in [-0.4, -0.2) is 54.4 Å². The number of aromatic hydroxyl groups is 2. The molecule has 0 radical (unpaired) electrons. The molecular formula is C19H26N8O3. The molecule has 11 heteroatoms. The lowest BCUT2D eigenvalue weighted by atomic mass is 9.92. The summed E-state index contributed by atoms with van der Waals surface area (Å²) in [5.41, 5.74) is 7.59. The van der Waals surface area contributed by atoms with E-state index in [2.05, 4.69) is 30.9 Å². The van der Waals surface area contributed by atoms with Crippen molar-refractivity contribution in [3.63, 3.8) is 0 Å². The van der Waals surface area contributed by atoms with Crippen molar-refractivity contribution in [1.82, 2.24) is 25.0 Å². The van der Waals surface area contributed by atoms with Crippen LogP contribution in [0.25, 0.3) is 11.2 Å². The van der Waals surface area contributed by atoms with E-state index in [0.29, 0.717) is 28.5 Å². The Kier molecular flexibility index (Phi) is 5.44. The number of nitrogens with zero attached hydrogens (tertiary/aromatic N) is 5. The highest BCUT2D eigenvalue weighted by Gasteiger charge is 2.21. The lowest BCUT2D eigenvalue weighted by molar-refractivity contribution is 0.349. The molecular weight excluding hydrogens is 388 g/mol. The fraction of sp³-hybridized carbons (Fsp3) is 0.474. The van der Waals surface area contributed by atoms with Crippen LogP contribution in [0, 0.1) is 0 Å². The Bertz CT molecular complexity index is 1050. The van der Waals surface area contributed by atoms with E-state index in [-0.39, 0.29) is 35.9 Å². The number of benzene rings is 1. The molecule has 30 heavy (non-hydrogen) atoms. The van der Waals surface area contributed by atoms with Crippen molar-refractivity contribution < 1.29 is 14.9 Å². The lowest BCUT2D eigenvalue weighted by Gasteiger charge is -2.26. The Hall–Kier alpha value is -3.34. The standard InChI is InChI=1S/C19H26N8O3/c1-27-18-14(25-26-27)17(21-9-10-3-8-13(30-2)16(29)15(10)28)23-19(24-18)22-12-6-4-11(20)5-7-12/h3,8,11-12,28-29H,4-7,9,20H2,1-2H3,(H2,21,22,23,24). The van der Waals surface area contributed by atoms with Crippen LogP contribution in [-0.2, 0) is 13.6 Å². The van der Waals surface area contributed by atoms with Gasteiger partial charge in [-0.2, -0.15) is 9.97 Å². The van der Waals surface area contributed by atoms with Crippen LogP contribution in [0.1, 0.15) is 31.2 Å². The molecule has 2 aromatic heterocycles. The lowest BCUT2D eigenvalue weighted by Crippen LogP contribution is -2.33. The van der Waals surface area contributed by atoms with Crippen molar-refractivity contribution in [3.8, 4) is 17.2 Å². The van der Waals surface area contributed by atoms with Gasteiger partial charge in [0.2, 0.25) is 11.7 Å². The first kappa shape index (κ1) is 20.0. The minimum absolute atomic E-state index is 0.202. The van der Waals surface area contributed by atoms with E-state index in [0.717, 1.165) is 25.7 Å². The summed E-state index contributed by atoms with van der Waals surface area (Å²) in [6.45, 7) is 0.212. The number of phenolic OH excluding ortho intramolecular Hbond substituents is 2. The fourth-order valence-electron chi connectivity index (χ4n) is 3.64. The Morgan fingerprint density at radius 2 is 1.93 bits per heavy atom. The number of hydrogen-bond donors (Lipinski definition) is 5. The quantitative estimate of drug-likeness (QED) is 0.374. The van der Waals surface area contributed by atoms with Gasteiger partial charge in [-0.25, -0.2) is 4.68 Å². The summed E-state index contributed by atoms with van der Waals surface area (Å²) in [4.78, 5) is 9.14. The summed E-state index contributed by atoms with van der Waals surface area (Å²) in [6.07, 6.45) is 3.87. The number of fused-ring (bicyclic) bond motifs is 1. The summed E-state index contributed by atoms with van der Waals surface area (Å²) < 4.78 is 6.59. The highest BCUT2D eigenvalue weighted by molar-refractivity contribution is 5.83. The van der Waals surface area contributed by atoms with Crippen LogP contribution in [0.15, 0.2) is 12.1 Å². The molecule has 0 amide bonds. The molecule has 1 aromatic carbocycles. The molecule has 1 aliphatic carbocycles. The smallest absolute Gasteiger partial charge is 0.227 e. The fourth-order valence-corrected chi connectivity index (χ4v) is 3.64. The van der Waals surface area contributed by atoms with E-state index < -0.39 is 0 Å². The molecule has 0 saturated heterocycles. The molecule has 6 N–H and O–H groups in total. The molecule has 0 atom stereocenters. The Morgan fingerprint density at radius 1 is 1.17 bits per heavy atom. The maximum absolute atomic E-state index is 10.2. The minimum atomic E-state index is -0.304. The molecule has 4 rings (SSSR count). The molecule has 0 aliphatic heterocycles. The number of methoxy groups -OCH3 is 1. The van der Waals surface area contributed by atoms with Crippen molar-refractivity contribution in [2.24, 2.45) is 12.8 Å². The molecule has 0 spiro atoms. The second-order valence-corrected chi connectivity index (χ2v) is 7.51. The molecule has 160 valence electrons. The summed E-state index contributed by atoms with van der Waals surface area (Å²) in [5.74, 6) is 0.619. The Morgan fingerprint density at radius 3 is 2.67 bits per heavy atom.